The molecule has 132 valence electrons. The number of para-hydroxylation sites is 1. The second kappa shape index (κ2) is 7.14. The first-order chi connectivity index (χ1) is 12.2. The maximum Gasteiger partial charge on any atom is 0.0678 e. The molecule has 2 atom stereocenters. The Labute approximate surface area is 150 Å². The van der Waals surface area contributed by atoms with Crippen molar-refractivity contribution in [1.82, 2.24) is 14.7 Å². The van der Waals surface area contributed by atoms with Crippen LogP contribution in [-0.4, -0.2) is 46.5 Å². The lowest BCUT2D eigenvalue weighted by atomic mass is 9.92. The first-order valence-electron chi connectivity index (χ1n) is 9.40. The largest absolute Gasteiger partial charge is 0.373 e. The number of fused-ring (bicyclic) bond motifs is 1. The van der Waals surface area contributed by atoms with E-state index >= 15 is 0 Å². The Balaban J connectivity index is 1.55. The molecule has 4 nitrogen and oxygen atoms in total. The van der Waals surface area contributed by atoms with E-state index in [1.54, 1.807) is 0 Å². The van der Waals surface area contributed by atoms with Crippen molar-refractivity contribution < 1.29 is 4.74 Å². The summed E-state index contributed by atoms with van der Waals surface area (Å²) in [6.45, 7) is 7.37. The Morgan fingerprint density at radius 1 is 1.12 bits per heavy atom. The van der Waals surface area contributed by atoms with Gasteiger partial charge >= 0.3 is 0 Å². The molecule has 0 bridgehead atoms. The fraction of sp³-hybridized carbons (Fsp3) is 0.476. The van der Waals surface area contributed by atoms with E-state index in [9.17, 15) is 0 Å². The van der Waals surface area contributed by atoms with E-state index in [1.165, 1.54) is 23.3 Å². The van der Waals surface area contributed by atoms with Crippen molar-refractivity contribution in [3.05, 3.63) is 53.9 Å². The molecule has 2 heterocycles. The zero-order valence-corrected chi connectivity index (χ0v) is 15.2. The highest BCUT2D eigenvalue weighted by molar-refractivity contribution is 5.69. The van der Waals surface area contributed by atoms with Gasteiger partial charge in [0.05, 0.1) is 29.8 Å². The van der Waals surface area contributed by atoms with E-state index in [4.69, 9.17) is 4.74 Å². The van der Waals surface area contributed by atoms with Crippen LogP contribution < -0.4 is 0 Å². The number of allylic oxidation sites excluding steroid dienone is 1. The van der Waals surface area contributed by atoms with Gasteiger partial charge in [-0.1, -0.05) is 24.3 Å². The van der Waals surface area contributed by atoms with E-state index in [1.807, 2.05) is 0 Å². The van der Waals surface area contributed by atoms with E-state index in [2.05, 4.69) is 71.1 Å². The third-order valence-electron chi connectivity index (χ3n) is 5.17. The molecule has 0 saturated carbocycles. The predicted molar refractivity (Wildman–Crippen MR) is 101 cm³/mol. The second-order valence-corrected chi connectivity index (χ2v) is 7.31. The summed E-state index contributed by atoms with van der Waals surface area (Å²) < 4.78 is 7.95. The van der Waals surface area contributed by atoms with Crippen LogP contribution in [0.3, 0.4) is 0 Å². The lowest BCUT2D eigenvalue weighted by Gasteiger charge is -2.34. The number of morpholine rings is 1. The summed E-state index contributed by atoms with van der Waals surface area (Å²) in [4.78, 5) is 2.50. The topological polar surface area (TPSA) is 30.3 Å². The number of hydrogen-bond acceptors (Lipinski definition) is 3. The maximum atomic E-state index is 5.84. The first kappa shape index (κ1) is 16.6. The molecule has 0 amide bonds. The minimum Gasteiger partial charge on any atom is -0.373 e. The zero-order chi connectivity index (χ0) is 17.2. The molecule has 25 heavy (non-hydrogen) atoms. The van der Waals surface area contributed by atoms with Crippen LogP contribution in [-0.2, 0) is 11.2 Å². The molecule has 1 aliphatic carbocycles. The van der Waals surface area contributed by atoms with Crippen LogP contribution in [0.25, 0.3) is 11.3 Å². The van der Waals surface area contributed by atoms with Gasteiger partial charge in [-0.25, -0.2) is 4.68 Å². The van der Waals surface area contributed by atoms with Gasteiger partial charge in [-0.05, 0) is 50.8 Å². The smallest absolute Gasteiger partial charge is 0.0678 e. The van der Waals surface area contributed by atoms with Crippen molar-refractivity contribution in [3.8, 4) is 5.69 Å². The fourth-order valence-corrected chi connectivity index (χ4v) is 4.14. The van der Waals surface area contributed by atoms with E-state index in [0.29, 0.717) is 12.2 Å². The summed E-state index contributed by atoms with van der Waals surface area (Å²) in [6.07, 6.45) is 8.58. The lowest BCUT2D eigenvalue weighted by Crippen LogP contribution is -2.45. The summed E-state index contributed by atoms with van der Waals surface area (Å²) >= 11 is 0. The quantitative estimate of drug-likeness (QED) is 0.855. The molecule has 4 heteroatoms. The van der Waals surface area contributed by atoms with Crippen molar-refractivity contribution in [1.29, 1.82) is 0 Å². The molecule has 2 aliphatic rings. The molecule has 2 aromatic rings. The highest BCUT2D eigenvalue weighted by Crippen LogP contribution is 2.32. The lowest BCUT2D eigenvalue weighted by molar-refractivity contribution is -0.0646. The van der Waals surface area contributed by atoms with Gasteiger partial charge in [0.25, 0.3) is 0 Å². The van der Waals surface area contributed by atoms with Crippen molar-refractivity contribution in [2.45, 2.75) is 45.3 Å². The van der Waals surface area contributed by atoms with Crippen LogP contribution in [0.2, 0.25) is 0 Å². The molecule has 1 aromatic heterocycles. The maximum absolute atomic E-state index is 5.84. The molecule has 0 N–H and O–H groups in total. The molecular weight excluding hydrogens is 310 g/mol. The van der Waals surface area contributed by atoms with Crippen LogP contribution in [0.1, 0.15) is 37.9 Å². The number of aromatic nitrogens is 2. The van der Waals surface area contributed by atoms with Gasteiger partial charge in [-0.2, -0.15) is 5.10 Å². The third kappa shape index (κ3) is 3.55. The predicted octanol–water partition coefficient (Wildman–Crippen LogP) is 3.70. The monoisotopic (exact) mass is 337 g/mol. The Hall–Kier alpha value is -1.91. The number of hydrogen-bond donors (Lipinski definition) is 0. The van der Waals surface area contributed by atoms with Gasteiger partial charge in [-0.15, -0.1) is 0 Å². The van der Waals surface area contributed by atoms with Crippen molar-refractivity contribution in [2.75, 3.05) is 19.6 Å². The summed E-state index contributed by atoms with van der Waals surface area (Å²) in [5.41, 5.74) is 5.30. The minimum absolute atomic E-state index is 0.324. The van der Waals surface area contributed by atoms with Gasteiger partial charge in [-0.3, -0.25) is 4.90 Å². The van der Waals surface area contributed by atoms with Crippen LogP contribution in [0.15, 0.2) is 42.6 Å². The Kier molecular flexibility index (Phi) is 4.73. The molecule has 0 radical (unpaired) electrons. The minimum atomic E-state index is 0.324. The average molecular weight is 337 g/mol. The number of ether oxygens (including phenoxy) is 1. The summed E-state index contributed by atoms with van der Waals surface area (Å²) in [5.74, 6) is 0. The van der Waals surface area contributed by atoms with Crippen LogP contribution in [0, 0.1) is 0 Å². The molecule has 2 unspecified atom stereocenters. The van der Waals surface area contributed by atoms with Gasteiger partial charge in [0, 0.05) is 25.2 Å². The van der Waals surface area contributed by atoms with Crippen molar-refractivity contribution >= 4 is 5.57 Å². The summed E-state index contributed by atoms with van der Waals surface area (Å²) in [5, 5.41) is 4.68. The molecule has 1 fully saturated rings. The molecule has 4 rings (SSSR count). The highest BCUT2D eigenvalue weighted by atomic mass is 16.5. The third-order valence-corrected chi connectivity index (χ3v) is 5.17. The molecular formula is C21H27N3O. The highest BCUT2D eigenvalue weighted by Gasteiger charge is 2.23. The first-order valence-corrected chi connectivity index (χ1v) is 9.40. The fourth-order valence-electron chi connectivity index (χ4n) is 4.14. The van der Waals surface area contributed by atoms with Gasteiger partial charge < -0.3 is 4.74 Å². The summed E-state index contributed by atoms with van der Waals surface area (Å²) in [6, 6.07) is 10.5. The van der Waals surface area contributed by atoms with Crippen LogP contribution in [0.5, 0.6) is 0 Å². The molecule has 1 aromatic carbocycles. The average Bonchev–Trinajstić information content (AvgIpc) is 3.04. The van der Waals surface area contributed by atoms with Crippen molar-refractivity contribution in [3.63, 3.8) is 0 Å². The van der Waals surface area contributed by atoms with Gasteiger partial charge in [0.2, 0.25) is 0 Å². The number of rotatable bonds is 3. The SMILES string of the molecule is CC1CN(C/C=C2\CCCc3c2cnn3-c2ccccc2)CC(C)O1. The van der Waals surface area contributed by atoms with E-state index in [0.717, 1.165) is 38.2 Å². The number of benzene rings is 1. The van der Waals surface area contributed by atoms with Crippen LogP contribution in [0.4, 0.5) is 0 Å². The zero-order valence-electron chi connectivity index (χ0n) is 15.2. The molecule has 0 spiro atoms. The van der Waals surface area contributed by atoms with Gasteiger partial charge in [0.15, 0.2) is 0 Å². The van der Waals surface area contributed by atoms with E-state index in [-0.39, 0.29) is 0 Å². The molecule has 1 aliphatic heterocycles. The molecule has 1 saturated heterocycles. The van der Waals surface area contributed by atoms with Crippen molar-refractivity contribution in [2.24, 2.45) is 0 Å². The Bertz CT molecular complexity index is 740. The summed E-state index contributed by atoms with van der Waals surface area (Å²) in [7, 11) is 0. The van der Waals surface area contributed by atoms with Crippen LogP contribution >= 0.6 is 0 Å². The Morgan fingerprint density at radius 2 is 1.88 bits per heavy atom. The van der Waals surface area contributed by atoms with E-state index < -0.39 is 0 Å². The second-order valence-electron chi connectivity index (χ2n) is 7.31. The normalized spacial score (nSPS) is 25.9. The van der Waals surface area contributed by atoms with Gasteiger partial charge in [0.1, 0.15) is 0 Å². The Morgan fingerprint density at radius 3 is 2.64 bits per heavy atom. The standard InChI is InChI=1S/C21H27N3O/c1-16-14-23(15-17(2)25-16)12-11-18-7-6-10-21-20(18)13-22-24(21)19-8-4-3-5-9-19/h3-5,8-9,11,13,16-17H,6-7,10,12,14-15H2,1-2H3/b18-11+. The number of nitrogens with zero attached hydrogens (tertiary/aromatic N) is 3.